The minimum absolute atomic E-state index is 0.0783. The summed E-state index contributed by atoms with van der Waals surface area (Å²) in [6, 6.07) is 14.1. The Kier molecular flexibility index (Phi) is 16.5. The third kappa shape index (κ3) is 10.6. The van der Waals surface area contributed by atoms with Crippen LogP contribution in [0.15, 0.2) is 54.6 Å². The van der Waals surface area contributed by atoms with E-state index in [1.807, 2.05) is 18.2 Å². The van der Waals surface area contributed by atoms with Crippen molar-refractivity contribution >= 4 is 0 Å². The van der Waals surface area contributed by atoms with Gasteiger partial charge in [0.05, 0.1) is 38.0 Å². The Bertz CT molecular complexity index is 1560. The molecule has 3 heterocycles. The third-order valence-electron chi connectivity index (χ3n) is 11.5. The minimum Gasteiger partial charge on any atom is -0.394 e. The van der Waals surface area contributed by atoms with Crippen LogP contribution >= 0.6 is 0 Å². The van der Waals surface area contributed by atoms with E-state index in [9.17, 15) is 35.7 Å². The minimum atomic E-state index is -1.53. The lowest BCUT2D eigenvalue weighted by Crippen LogP contribution is -2.68. The van der Waals surface area contributed by atoms with Crippen molar-refractivity contribution in [1.82, 2.24) is 5.32 Å². The summed E-state index contributed by atoms with van der Waals surface area (Å²) >= 11 is 0. The van der Waals surface area contributed by atoms with Gasteiger partial charge in [-0.15, -0.1) is 0 Å². The number of nitrogens with one attached hydrogen (secondary N) is 1. The molecule has 1 aliphatic carbocycles. The van der Waals surface area contributed by atoms with Gasteiger partial charge in [-0.05, 0) is 36.1 Å². The molecule has 6 rings (SSSR count). The second-order valence-corrected chi connectivity index (χ2v) is 15.6. The van der Waals surface area contributed by atoms with Crippen LogP contribution in [0.25, 0.3) is 11.1 Å². The second-order valence-electron chi connectivity index (χ2n) is 15.6. The Hall–Kier alpha value is -2.36. The van der Waals surface area contributed by atoms with E-state index in [1.54, 1.807) is 0 Å². The summed E-state index contributed by atoms with van der Waals surface area (Å²) in [5.41, 5.74) is 34.4. The lowest BCUT2D eigenvalue weighted by atomic mass is 9.84. The number of hydrogen-bond donors (Lipinski definition) is 13. The predicted molar refractivity (Wildman–Crippen MR) is 209 cm³/mol. The molecule has 20 nitrogen and oxygen atoms in total. The second kappa shape index (κ2) is 21.1. The van der Waals surface area contributed by atoms with E-state index in [-0.39, 0.29) is 19.6 Å². The summed E-state index contributed by atoms with van der Waals surface area (Å²) in [6.07, 6.45) is -18.7. The smallest absolute Gasteiger partial charge is 0.187 e. The third-order valence-corrected chi connectivity index (χ3v) is 11.5. The van der Waals surface area contributed by atoms with Crippen molar-refractivity contribution in [2.24, 2.45) is 28.7 Å². The standard InChI is InChI=1S/C39H62N6O14/c40-15-23-29(49)31(51)26(43)37(54-23)58-34-25(17-47)56-39(36(34)53-13-12-45-11-10-18-6-8-20(9-7-18)19-4-2-1-3-5-19)59-35-28(48)21(41)14-22(42)33(35)57-38-27(44)32(52)30(50)24(16-46)55-38/h1-9,21-39,45-52H,10-17,40-44H2/t21-,22+,23+,24-,25-,26-,27-,28+,29-,30-,31-,32-,33-,34-,35-,36-,37-,38-,39+/m1/s1. The Morgan fingerprint density at radius 3 is 1.76 bits per heavy atom. The van der Waals surface area contributed by atoms with Gasteiger partial charge in [-0.25, -0.2) is 0 Å². The number of hydrogen-bond acceptors (Lipinski definition) is 20. The van der Waals surface area contributed by atoms with Crippen molar-refractivity contribution in [3.63, 3.8) is 0 Å². The van der Waals surface area contributed by atoms with Crippen LogP contribution in [0.1, 0.15) is 12.0 Å². The van der Waals surface area contributed by atoms with Crippen molar-refractivity contribution in [3.05, 3.63) is 60.2 Å². The Morgan fingerprint density at radius 2 is 1.14 bits per heavy atom. The van der Waals surface area contributed by atoms with Gasteiger partial charge >= 0.3 is 0 Å². The molecule has 0 bridgehead atoms. The van der Waals surface area contributed by atoms with Crippen LogP contribution in [0.4, 0.5) is 0 Å². The van der Waals surface area contributed by atoms with E-state index in [4.69, 9.17) is 61.8 Å². The summed E-state index contributed by atoms with van der Waals surface area (Å²) < 4.78 is 42.8. The fourth-order valence-electron chi connectivity index (χ4n) is 7.97. The van der Waals surface area contributed by atoms with Gasteiger partial charge < -0.3 is 103 Å². The molecule has 0 spiro atoms. The first-order chi connectivity index (χ1) is 28.4. The van der Waals surface area contributed by atoms with Gasteiger partial charge in [0.2, 0.25) is 0 Å². The number of rotatable bonds is 17. The molecule has 20 heteroatoms. The number of ether oxygens (including phenoxy) is 7. The quantitative estimate of drug-likeness (QED) is 0.0662. The van der Waals surface area contributed by atoms with E-state index < -0.39 is 129 Å². The van der Waals surface area contributed by atoms with Crippen LogP contribution in [-0.2, 0) is 39.6 Å². The molecule has 332 valence electrons. The van der Waals surface area contributed by atoms with Crippen LogP contribution in [0.3, 0.4) is 0 Å². The topological polar surface area (TPSA) is 348 Å². The molecule has 4 fully saturated rings. The van der Waals surface area contributed by atoms with Gasteiger partial charge in [-0.1, -0.05) is 54.6 Å². The van der Waals surface area contributed by atoms with Gasteiger partial charge in [0.15, 0.2) is 18.9 Å². The normalized spacial score (nSPS) is 41.6. The molecular formula is C39H62N6O14. The Balaban J connectivity index is 1.16. The molecule has 0 radical (unpaired) electrons. The first kappa shape index (κ1) is 46.2. The van der Waals surface area contributed by atoms with Crippen molar-refractivity contribution in [3.8, 4) is 11.1 Å². The van der Waals surface area contributed by atoms with Crippen LogP contribution < -0.4 is 34.0 Å². The highest BCUT2D eigenvalue weighted by molar-refractivity contribution is 5.63. The molecule has 0 unspecified atom stereocenters. The molecular weight excluding hydrogens is 776 g/mol. The van der Waals surface area contributed by atoms with Crippen LogP contribution in [0, 0.1) is 0 Å². The molecule has 2 aromatic carbocycles. The maximum atomic E-state index is 11.4. The van der Waals surface area contributed by atoms with E-state index >= 15 is 0 Å². The molecule has 59 heavy (non-hydrogen) atoms. The number of aliphatic hydroxyl groups excluding tert-OH is 7. The summed E-state index contributed by atoms with van der Waals surface area (Å²) in [7, 11) is 0. The number of benzene rings is 2. The predicted octanol–water partition coefficient (Wildman–Crippen LogP) is -5.34. The molecule has 18 N–H and O–H groups in total. The van der Waals surface area contributed by atoms with Crippen molar-refractivity contribution in [2.75, 3.05) is 39.5 Å². The van der Waals surface area contributed by atoms with Crippen LogP contribution in [0.2, 0.25) is 0 Å². The van der Waals surface area contributed by atoms with Crippen molar-refractivity contribution in [2.45, 2.75) is 129 Å². The summed E-state index contributed by atoms with van der Waals surface area (Å²) in [5, 5.41) is 77.0. The number of aliphatic hydroxyl groups is 7. The molecule has 0 amide bonds. The van der Waals surface area contributed by atoms with Gasteiger partial charge in [0, 0.05) is 25.2 Å². The maximum Gasteiger partial charge on any atom is 0.187 e. The lowest BCUT2D eigenvalue weighted by molar-refractivity contribution is -0.311. The highest BCUT2D eigenvalue weighted by atomic mass is 16.8. The van der Waals surface area contributed by atoms with Crippen molar-refractivity contribution < 1.29 is 68.9 Å². The molecule has 3 saturated heterocycles. The molecule has 19 atom stereocenters. The Labute approximate surface area is 342 Å². The average molecular weight is 839 g/mol. The van der Waals surface area contributed by atoms with Gasteiger partial charge in [-0.2, -0.15) is 0 Å². The zero-order chi connectivity index (χ0) is 42.4. The van der Waals surface area contributed by atoms with Gasteiger partial charge in [0.1, 0.15) is 67.1 Å². The van der Waals surface area contributed by atoms with E-state index in [0.717, 1.165) is 23.1 Å². The van der Waals surface area contributed by atoms with E-state index in [1.165, 1.54) is 0 Å². The molecule has 3 aliphatic heterocycles. The molecule has 2 aromatic rings. The monoisotopic (exact) mass is 838 g/mol. The Morgan fingerprint density at radius 1 is 0.576 bits per heavy atom. The fraction of sp³-hybridized carbons (Fsp3) is 0.692. The summed E-state index contributed by atoms with van der Waals surface area (Å²) in [5.74, 6) is 0. The van der Waals surface area contributed by atoms with E-state index in [0.29, 0.717) is 13.1 Å². The molecule has 4 aliphatic rings. The highest BCUT2D eigenvalue weighted by Gasteiger charge is 2.55. The first-order valence-electron chi connectivity index (χ1n) is 20.1. The fourth-order valence-corrected chi connectivity index (χ4v) is 7.97. The van der Waals surface area contributed by atoms with E-state index in [2.05, 4.69) is 41.7 Å². The van der Waals surface area contributed by atoms with Crippen LogP contribution in [0.5, 0.6) is 0 Å². The highest BCUT2D eigenvalue weighted by Crippen LogP contribution is 2.35. The van der Waals surface area contributed by atoms with Gasteiger partial charge in [-0.3, -0.25) is 0 Å². The summed E-state index contributed by atoms with van der Waals surface area (Å²) in [6.45, 7) is -0.333. The zero-order valence-corrected chi connectivity index (χ0v) is 32.7. The average Bonchev–Trinajstić information content (AvgIpc) is 3.57. The number of nitrogens with two attached hydrogens (primary N) is 5. The van der Waals surface area contributed by atoms with Gasteiger partial charge in [0.25, 0.3) is 0 Å². The summed E-state index contributed by atoms with van der Waals surface area (Å²) in [4.78, 5) is 0. The van der Waals surface area contributed by atoms with Crippen molar-refractivity contribution in [1.29, 1.82) is 0 Å². The largest absolute Gasteiger partial charge is 0.394 e. The lowest BCUT2D eigenvalue weighted by Gasteiger charge is -2.47. The molecule has 0 aromatic heterocycles. The molecule has 1 saturated carbocycles. The maximum absolute atomic E-state index is 11.4. The SMILES string of the molecule is NC[C@@H]1O[C@H](O[C@H]2[C@@H](OCCNCCc3ccc(-c4ccccc4)cc3)[C@H](O[C@@H]3[C@@H](O)[C@H](N)C[C@H](N)[C@H]3O[C@H]3O[C@H](CO)[C@@H](O)[C@H](O)[C@H]3N)O[C@@H]2CO)[C@H](N)[C@@H](O)[C@@H]1O. The first-order valence-corrected chi connectivity index (χ1v) is 20.1. The van der Waals surface area contributed by atoms with Crippen LogP contribution in [-0.4, -0.2) is 191 Å². The zero-order valence-electron chi connectivity index (χ0n) is 32.7.